The summed E-state index contributed by atoms with van der Waals surface area (Å²) in [5.41, 5.74) is -0.138. The van der Waals surface area contributed by atoms with Gasteiger partial charge in [0, 0.05) is 11.8 Å². The molecule has 16 heavy (non-hydrogen) atoms. The van der Waals surface area contributed by atoms with Gasteiger partial charge in [-0.3, -0.25) is 9.78 Å². The van der Waals surface area contributed by atoms with Crippen LogP contribution in [0, 0.1) is 10.6 Å². The van der Waals surface area contributed by atoms with E-state index in [1.807, 2.05) is 0 Å². The topological polar surface area (TPSA) is 60.8 Å². The molecule has 2 rings (SSSR count). The van der Waals surface area contributed by atoms with E-state index in [1.54, 1.807) is 0 Å². The number of aromatic nitrogens is 2. The summed E-state index contributed by atoms with van der Waals surface area (Å²) in [5, 5.41) is 11.5. The first-order valence-corrected chi connectivity index (χ1v) is 4.78. The molecule has 4 nitrogen and oxygen atoms in total. The predicted molar refractivity (Wildman–Crippen MR) is 56.6 cm³/mol. The predicted octanol–water partition coefficient (Wildman–Crippen LogP) is 1.11. The first-order chi connectivity index (χ1) is 7.58. The zero-order chi connectivity index (χ0) is 11.7. The van der Waals surface area contributed by atoms with Crippen molar-refractivity contribution in [3.8, 4) is 11.6 Å². The van der Waals surface area contributed by atoms with Crippen LogP contribution in [0.5, 0.6) is 5.88 Å². The van der Waals surface area contributed by atoms with Gasteiger partial charge < -0.3 is 9.67 Å². The van der Waals surface area contributed by atoms with Crippen LogP contribution in [-0.2, 0) is 0 Å². The van der Waals surface area contributed by atoms with Crippen LogP contribution in [-0.4, -0.2) is 9.55 Å². The standard InChI is InChI=1S/C10H7FN2O2S/c11-6-1-3-7(4-2-6)13-9(15)5-8(14)12-10(13)16/h1-5,15H,(H,12,14,16)/p-1. The minimum absolute atomic E-state index is 0.0101. The van der Waals surface area contributed by atoms with Crippen molar-refractivity contribution < 1.29 is 9.50 Å². The Morgan fingerprint density at radius 3 is 2.50 bits per heavy atom. The molecule has 6 heteroatoms. The SMILES string of the molecule is O=c1cc([O-])n(-c2ccc(F)cc2)c(=S)[nH]1. The maximum Gasteiger partial charge on any atom is 0.250 e. The average molecular weight is 237 g/mol. The van der Waals surface area contributed by atoms with Gasteiger partial charge in [0.05, 0.1) is 0 Å². The molecule has 2 aromatic rings. The lowest BCUT2D eigenvalue weighted by Gasteiger charge is -2.16. The van der Waals surface area contributed by atoms with E-state index in [2.05, 4.69) is 4.98 Å². The van der Waals surface area contributed by atoms with Crippen molar-refractivity contribution in [2.24, 2.45) is 0 Å². The molecule has 0 aliphatic rings. The second-order valence-electron chi connectivity index (χ2n) is 3.09. The number of nitrogens with one attached hydrogen (secondary N) is 1. The molecule has 0 fully saturated rings. The quantitative estimate of drug-likeness (QED) is 0.756. The van der Waals surface area contributed by atoms with Gasteiger partial charge in [0.15, 0.2) is 4.77 Å². The van der Waals surface area contributed by atoms with Crippen LogP contribution in [0.4, 0.5) is 4.39 Å². The monoisotopic (exact) mass is 237 g/mol. The number of H-pyrrole nitrogens is 1. The third-order valence-corrected chi connectivity index (χ3v) is 2.28. The molecular formula is C10H6FN2O2S-. The molecule has 0 amide bonds. The summed E-state index contributed by atoms with van der Waals surface area (Å²) in [6.45, 7) is 0. The van der Waals surface area contributed by atoms with Crippen molar-refractivity contribution in [2.75, 3.05) is 0 Å². The molecule has 1 aromatic heterocycles. The number of halogens is 1. The first-order valence-electron chi connectivity index (χ1n) is 4.37. The van der Waals surface area contributed by atoms with Crippen molar-refractivity contribution in [1.29, 1.82) is 0 Å². The number of rotatable bonds is 1. The minimum atomic E-state index is -0.548. The number of aromatic amines is 1. The Kier molecular flexibility index (Phi) is 2.57. The zero-order valence-electron chi connectivity index (χ0n) is 7.94. The molecule has 82 valence electrons. The number of nitrogens with zero attached hydrogens (tertiary/aromatic N) is 1. The summed E-state index contributed by atoms with van der Waals surface area (Å²) in [7, 11) is 0. The molecule has 0 unspecified atom stereocenters. The second-order valence-corrected chi connectivity index (χ2v) is 3.48. The summed E-state index contributed by atoms with van der Waals surface area (Å²) in [6.07, 6.45) is 0. The van der Waals surface area contributed by atoms with Gasteiger partial charge >= 0.3 is 0 Å². The lowest BCUT2D eigenvalue weighted by molar-refractivity contribution is -0.278. The average Bonchev–Trinajstić information content (AvgIpc) is 2.19. The van der Waals surface area contributed by atoms with Gasteiger partial charge in [-0.25, -0.2) is 4.39 Å². The molecule has 1 aromatic carbocycles. The summed E-state index contributed by atoms with van der Waals surface area (Å²) in [4.78, 5) is 13.3. The van der Waals surface area contributed by atoms with Crippen molar-refractivity contribution in [3.63, 3.8) is 0 Å². The van der Waals surface area contributed by atoms with Crippen LogP contribution in [0.15, 0.2) is 35.1 Å². The fourth-order valence-corrected chi connectivity index (χ4v) is 1.60. The van der Waals surface area contributed by atoms with Crippen molar-refractivity contribution in [3.05, 3.63) is 51.3 Å². The van der Waals surface area contributed by atoms with Crippen LogP contribution < -0.4 is 10.7 Å². The fourth-order valence-electron chi connectivity index (χ4n) is 1.31. The lowest BCUT2D eigenvalue weighted by atomic mass is 10.3. The first kappa shape index (κ1) is 10.6. The molecule has 0 atom stereocenters. The number of hydrogen-bond acceptors (Lipinski definition) is 3. The number of hydrogen-bond donors (Lipinski definition) is 1. The molecule has 1 N–H and O–H groups in total. The van der Waals surface area contributed by atoms with E-state index in [-0.39, 0.29) is 4.77 Å². The van der Waals surface area contributed by atoms with Gasteiger partial charge in [-0.2, -0.15) is 0 Å². The smallest absolute Gasteiger partial charge is 0.250 e. The lowest BCUT2D eigenvalue weighted by Crippen LogP contribution is -2.15. The highest BCUT2D eigenvalue weighted by Gasteiger charge is 1.99. The van der Waals surface area contributed by atoms with Gasteiger partial charge in [0.25, 0.3) is 5.56 Å². The molecule has 0 saturated heterocycles. The second kappa shape index (κ2) is 3.90. The Bertz CT molecular complexity index is 631. The van der Waals surface area contributed by atoms with Crippen molar-refractivity contribution in [1.82, 2.24) is 9.55 Å². The Balaban J connectivity index is 2.69. The highest BCUT2D eigenvalue weighted by molar-refractivity contribution is 7.71. The maximum atomic E-state index is 12.7. The Labute approximate surface area is 94.6 Å². The third-order valence-electron chi connectivity index (χ3n) is 1.99. The minimum Gasteiger partial charge on any atom is -0.860 e. The van der Waals surface area contributed by atoms with E-state index in [1.165, 1.54) is 24.3 Å². The van der Waals surface area contributed by atoms with Crippen LogP contribution in [0.1, 0.15) is 0 Å². The fraction of sp³-hybridized carbons (Fsp3) is 0. The van der Waals surface area contributed by atoms with Gasteiger partial charge in [0.2, 0.25) is 0 Å². The zero-order valence-corrected chi connectivity index (χ0v) is 8.75. The van der Waals surface area contributed by atoms with Gasteiger partial charge in [-0.1, -0.05) is 0 Å². The van der Waals surface area contributed by atoms with Crippen LogP contribution in [0.2, 0.25) is 0 Å². The molecule has 0 bridgehead atoms. The van der Waals surface area contributed by atoms with E-state index in [0.717, 1.165) is 10.6 Å². The molecular weight excluding hydrogens is 231 g/mol. The highest BCUT2D eigenvalue weighted by atomic mass is 32.1. The van der Waals surface area contributed by atoms with E-state index < -0.39 is 17.3 Å². The Hall–Kier alpha value is -1.95. The summed E-state index contributed by atoms with van der Waals surface area (Å²) >= 11 is 4.86. The van der Waals surface area contributed by atoms with Crippen LogP contribution >= 0.6 is 12.2 Å². The maximum absolute atomic E-state index is 12.7. The molecule has 0 aliphatic heterocycles. The van der Waals surface area contributed by atoms with E-state index >= 15 is 0 Å². The molecule has 0 saturated carbocycles. The summed E-state index contributed by atoms with van der Waals surface area (Å²) in [5.74, 6) is -0.951. The Morgan fingerprint density at radius 2 is 1.94 bits per heavy atom. The van der Waals surface area contributed by atoms with Gasteiger partial charge in [-0.15, -0.1) is 0 Å². The normalized spacial score (nSPS) is 10.3. The molecule has 1 heterocycles. The van der Waals surface area contributed by atoms with Gasteiger partial charge in [0.1, 0.15) is 5.82 Å². The third kappa shape index (κ3) is 1.87. The van der Waals surface area contributed by atoms with E-state index in [9.17, 15) is 14.3 Å². The Morgan fingerprint density at radius 1 is 1.31 bits per heavy atom. The molecule has 0 aliphatic carbocycles. The van der Waals surface area contributed by atoms with E-state index in [0.29, 0.717) is 5.69 Å². The summed E-state index contributed by atoms with van der Waals surface area (Å²) in [6, 6.07) is 6.12. The summed E-state index contributed by atoms with van der Waals surface area (Å²) < 4.78 is 13.8. The highest BCUT2D eigenvalue weighted by Crippen LogP contribution is 2.13. The molecule has 0 radical (unpaired) electrons. The van der Waals surface area contributed by atoms with E-state index in [4.69, 9.17) is 12.2 Å². The van der Waals surface area contributed by atoms with Gasteiger partial charge in [-0.05, 0) is 42.4 Å². The molecule has 0 spiro atoms. The van der Waals surface area contributed by atoms with Crippen LogP contribution in [0.25, 0.3) is 5.69 Å². The van der Waals surface area contributed by atoms with Crippen LogP contribution in [0.3, 0.4) is 0 Å². The largest absolute Gasteiger partial charge is 0.860 e. The van der Waals surface area contributed by atoms with Crippen molar-refractivity contribution in [2.45, 2.75) is 0 Å². The number of benzene rings is 1. The van der Waals surface area contributed by atoms with Crippen molar-refractivity contribution >= 4 is 12.2 Å².